The Hall–Kier alpha value is -1.92. The lowest BCUT2D eigenvalue weighted by atomic mass is 10.2. The predicted octanol–water partition coefficient (Wildman–Crippen LogP) is 2.17. The minimum Gasteiger partial charge on any atom is -0.493 e. The van der Waals surface area contributed by atoms with Gasteiger partial charge in [0.25, 0.3) is 5.89 Å². The molecule has 1 heterocycles. The van der Waals surface area contributed by atoms with E-state index in [4.69, 9.17) is 19.7 Å². The molecule has 0 aliphatic heterocycles. The number of nitrogens with zero attached hydrogens (tertiary/aromatic N) is 2. The first kappa shape index (κ1) is 14.5. The fraction of sp³-hybridized carbons (Fsp3) is 0.429. The highest BCUT2D eigenvalue weighted by Gasteiger charge is 2.17. The van der Waals surface area contributed by atoms with Gasteiger partial charge in [0.05, 0.1) is 24.8 Å². The van der Waals surface area contributed by atoms with Crippen LogP contribution in [0.2, 0.25) is 0 Å². The molecule has 1 aromatic heterocycles. The predicted molar refractivity (Wildman–Crippen MR) is 74.3 cm³/mol. The van der Waals surface area contributed by atoms with Crippen LogP contribution in [0.4, 0.5) is 0 Å². The number of rotatable bonds is 7. The molecule has 0 aliphatic rings. The monoisotopic (exact) mass is 277 g/mol. The number of hydrogen-bond acceptors (Lipinski definition) is 6. The minimum absolute atomic E-state index is 0.364. The Balaban J connectivity index is 2.20. The summed E-state index contributed by atoms with van der Waals surface area (Å²) in [5, 5.41) is 3.90. The molecule has 2 rings (SSSR count). The van der Waals surface area contributed by atoms with Gasteiger partial charge in [-0.3, -0.25) is 0 Å². The molecule has 0 bridgehead atoms. The van der Waals surface area contributed by atoms with Gasteiger partial charge in [0.1, 0.15) is 5.75 Å². The van der Waals surface area contributed by atoms with Crippen LogP contribution < -0.4 is 10.5 Å². The zero-order valence-corrected chi connectivity index (χ0v) is 11.7. The van der Waals surface area contributed by atoms with Gasteiger partial charge in [0.2, 0.25) is 0 Å². The van der Waals surface area contributed by atoms with Gasteiger partial charge in [0.15, 0.2) is 5.82 Å². The third-order valence-electron chi connectivity index (χ3n) is 2.69. The number of benzene rings is 1. The smallest absolute Gasteiger partial charge is 0.261 e. The van der Waals surface area contributed by atoms with Crippen molar-refractivity contribution in [2.45, 2.75) is 19.9 Å². The van der Waals surface area contributed by atoms with Gasteiger partial charge < -0.3 is 19.7 Å². The van der Waals surface area contributed by atoms with Gasteiger partial charge in [-0.15, -0.1) is 0 Å². The summed E-state index contributed by atoms with van der Waals surface area (Å²) in [5.41, 5.74) is 6.69. The average Bonchev–Trinajstić information content (AvgIpc) is 2.95. The standard InChI is InChI=1S/C14H19N3O3/c1-3-18-9-11(15)13-16-14(20-17-13)10-7-5-6-8-12(10)19-4-2/h5-8,11H,3-4,9,15H2,1-2H3. The second kappa shape index (κ2) is 7.02. The van der Waals surface area contributed by atoms with Crippen LogP contribution in [0.3, 0.4) is 0 Å². The third-order valence-corrected chi connectivity index (χ3v) is 2.69. The maximum Gasteiger partial charge on any atom is 0.261 e. The topological polar surface area (TPSA) is 83.4 Å². The van der Waals surface area contributed by atoms with Gasteiger partial charge >= 0.3 is 0 Å². The Labute approximate surface area is 117 Å². The normalized spacial score (nSPS) is 12.3. The van der Waals surface area contributed by atoms with E-state index in [1.165, 1.54) is 0 Å². The van der Waals surface area contributed by atoms with Crippen molar-refractivity contribution in [3.05, 3.63) is 30.1 Å². The van der Waals surface area contributed by atoms with Gasteiger partial charge in [-0.05, 0) is 26.0 Å². The van der Waals surface area contributed by atoms with Crippen molar-refractivity contribution >= 4 is 0 Å². The van der Waals surface area contributed by atoms with E-state index in [1.54, 1.807) is 0 Å². The Kier molecular flexibility index (Phi) is 5.09. The van der Waals surface area contributed by atoms with Crippen molar-refractivity contribution in [2.24, 2.45) is 5.73 Å². The average molecular weight is 277 g/mol. The SMILES string of the molecule is CCOCC(N)c1noc(-c2ccccc2OCC)n1. The lowest BCUT2D eigenvalue weighted by Gasteiger charge is -2.06. The summed E-state index contributed by atoms with van der Waals surface area (Å²) in [6, 6.07) is 7.12. The number of nitrogens with two attached hydrogens (primary N) is 1. The van der Waals surface area contributed by atoms with Gasteiger partial charge in [-0.25, -0.2) is 0 Å². The summed E-state index contributed by atoms with van der Waals surface area (Å²) in [5.74, 6) is 1.54. The molecule has 1 unspecified atom stereocenters. The van der Waals surface area contributed by atoms with Crippen molar-refractivity contribution in [3.8, 4) is 17.2 Å². The summed E-state index contributed by atoms with van der Waals surface area (Å²) in [6.07, 6.45) is 0. The maximum absolute atomic E-state index is 5.93. The quantitative estimate of drug-likeness (QED) is 0.835. The summed E-state index contributed by atoms with van der Waals surface area (Å²) in [7, 11) is 0. The van der Waals surface area contributed by atoms with Gasteiger partial charge in [-0.1, -0.05) is 17.3 Å². The van der Waals surface area contributed by atoms with Crippen LogP contribution in [0.5, 0.6) is 5.75 Å². The first-order valence-electron chi connectivity index (χ1n) is 6.65. The van der Waals surface area contributed by atoms with Crippen LogP contribution in [0.25, 0.3) is 11.5 Å². The largest absolute Gasteiger partial charge is 0.493 e. The van der Waals surface area contributed by atoms with E-state index in [-0.39, 0.29) is 0 Å². The van der Waals surface area contributed by atoms with E-state index in [0.717, 1.165) is 5.56 Å². The lowest BCUT2D eigenvalue weighted by Crippen LogP contribution is -2.18. The van der Waals surface area contributed by atoms with E-state index >= 15 is 0 Å². The second-order valence-electron chi connectivity index (χ2n) is 4.15. The summed E-state index contributed by atoms with van der Waals surface area (Å²) in [6.45, 7) is 5.37. The molecule has 6 heteroatoms. The lowest BCUT2D eigenvalue weighted by molar-refractivity contribution is 0.130. The maximum atomic E-state index is 5.93. The van der Waals surface area contributed by atoms with E-state index in [2.05, 4.69) is 10.1 Å². The molecule has 1 aromatic carbocycles. The van der Waals surface area contributed by atoms with Gasteiger partial charge in [-0.2, -0.15) is 4.98 Å². The van der Waals surface area contributed by atoms with Crippen LogP contribution in [0.1, 0.15) is 25.7 Å². The molecule has 1 atom stereocenters. The van der Waals surface area contributed by atoms with Crippen molar-refractivity contribution in [1.29, 1.82) is 0 Å². The fourth-order valence-corrected chi connectivity index (χ4v) is 1.74. The summed E-state index contributed by atoms with van der Waals surface area (Å²) < 4.78 is 16.1. The highest BCUT2D eigenvalue weighted by atomic mass is 16.5. The Morgan fingerprint density at radius 3 is 2.80 bits per heavy atom. The van der Waals surface area contributed by atoms with Gasteiger partial charge in [0, 0.05) is 6.61 Å². The van der Waals surface area contributed by atoms with Crippen LogP contribution in [-0.4, -0.2) is 30.0 Å². The Bertz CT molecular complexity index is 542. The molecule has 0 radical (unpaired) electrons. The first-order valence-corrected chi connectivity index (χ1v) is 6.65. The van der Waals surface area contributed by atoms with Crippen molar-refractivity contribution in [2.75, 3.05) is 19.8 Å². The molecule has 20 heavy (non-hydrogen) atoms. The van der Waals surface area contributed by atoms with Crippen LogP contribution in [0, 0.1) is 0 Å². The van der Waals surface area contributed by atoms with E-state index in [1.807, 2.05) is 38.1 Å². The zero-order chi connectivity index (χ0) is 14.4. The van der Waals surface area contributed by atoms with Crippen LogP contribution in [-0.2, 0) is 4.74 Å². The Morgan fingerprint density at radius 2 is 2.05 bits per heavy atom. The number of ether oxygens (including phenoxy) is 2. The zero-order valence-electron chi connectivity index (χ0n) is 11.7. The molecule has 108 valence electrons. The molecule has 2 N–H and O–H groups in total. The molecule has 0 fully saturated rings. The highest BCUT2D eigenvalue weighted by molar-refractivity contribution is 5.62. The number of aromatic nitrogens is 2. The number of hydrogen-bond donors (Lipinski definition) is 1. The van der Waals surface area contributed by atoms with E-state index < -0.39 is 6.04 Å². The highest BCUT2D eigenvalue weighted by Crippen LogP contribution is 2.28. The van der Waals surface area contributed by atoms with E-state index in [0.29, 0.717) is 37.3 Å². The number of para-hydroxylation sites is 1. The molecule has 0 spiro atoms. The minimum atomic E-state index is -0.397. The van der Waals surface area contributed by atoms with Crippen molar-refractivity contribution in [1.82, 2.24) is 10.1 Å². The molecule has 0 saturated heterocycles. The van der Waals surface area contributed by atoms with Crippen molar-refractivity contribution in [3.63, 3.8) is 0 Å². The second-order valence-corrected chi connectivity index (χ2v) is 4.15. The Morgan fingerprint density at radius 1 is 1.25 bits per heavy atom. The molecular weight excluding hydrogens is 258 g/mol. The first-order chi connectivity index (χ1) is 9.76. The van der Waals surface area contributed by atoms with Crippen LogP contribution >= 0.6 is 0 Å². The molecular formula is C14H19N3O3. The molecule has 0 amide bonds. The molecule has 0 saturated carbocycles. The van der Waals surface area contributed by atoms with Crippen molar-refractivity contribution < 1.29 is 14.0 Å². The molecule has 6 nitrogen and oxygen atoms in total. The van der Waals surface area contributed by atoms with Crippen LogP contribution in [0.15, 0.2) is 28.8 Å². The third kappa shape index (κ3) is 3.34. The molecule has 0 aliphatic carbocycles. The van der Waals surface area contributed by atoms with E-state index in [9.17, 15) is 0 Å². The molecule has 2 aromatic rings. The summed E-state index contributed by atoms with van der Waals surface area (Å²) >= 11 is 0. The fourth-order valence-electron chi connectivity index (χ4n) is 1.74. The summed E-state index contributed by atoms with van der Waals surface area (Å²) in [4.78, 5) is 4.31.